The van der Waals surface area contributed by atoms with Crippen LogP contribution in [0.5, 0.6) is 0 Å². The molecule has 5 heteroatoms. The molecule has 1 aliphatic rings. The molecule has 1 fully saturated rings. The number of anilines is 1. The topological polar surface area (TPSA) is 50.2 Å². The quantitative estimate of drug-likeness (QED) is 0.235. The summed E-state index contributed by atoms with van der Waals surface area (Å²) in [7, 11) is 0. The van der Waals surface area contributed by atoms with Gasteiger partial charge in [0, 0.05) is 25.6 Å². The average Bonchev–Trinajstić information content (AvgIpc) is 3.40. The molecule has 1 amide bonds. The highest BCUT2D eigenvalue weighted by Crippen LogP contribution is 2.28. The van der Waals surface area contributed by atoms with E-state index in [9.17, 15) is 4.79 Å². The number of hydrogen-bond donors (Lipinski definition) is 1. The Labute approximate surface area is 236 Å². The maximum absolute atomic E-state index is 13.5. The normalized spacial score (nSPS) is 14.8. The molecule has 1 N–H and O–H groups in total. The molecule has 5 nitrogen and oxygen atoms in total. The van der Waals surface area contributed by atoms with Gasteiger partial charge in [0.15, 0.2) is 0 Å². The highest BCUT2D eigenvalue weighted by atomic mass is 16.2. The van der Waals surface area contributed by atoms with Gasteiger partial charge in [-0.05, 0) is 54.5 Å². The number of carbonyl (C=O) groups excluding carboxylic acids is 1. The van der Waals surface area contributed by atoms with Gasteiger partial charge in [-0.1, -0.05) is 103 Å². The summed E-state index contributed by atoms with van der Waals surface area (Å²) >= 11 is 0. The van der Waals surface area contributed by atoms with Gasteiger partial charge in [-0.15, -0.1) is 0 Å². The zero-order valence-corrected chi connectivity index (χ0v) is 22.8. The molecule has 5 aromatic rings. The molecule has 0 aliphatic carbocycles. The summed E-state index contributed by atoms with van der Waals surface area (Å²) in [6.07, 6.45) is 3.37. The lowest BCUT2D eigenvalue weighted by Gasteiger charge is -2.33. The molecular formula is C35H36N4O. The first kappa shape index (κ1) is 25.9. The van der Waals surface area contributed by atoms with Crippen LogP contribution in [0, 0.1) is 5.92 Å². The van der Waals surface area contributed by atoms with Crippen molar-refractivity contribution in [3.8, 4) is 0 Å². The number of aromatic nitrogens is 2. The van der Waals surface area contributed by atoms with Crippen molar-refractivity contribution < 1.29 is 4.79 Å². The fraction of sp³-hybridized carbons (Fsp3) is 0.257. The van der Waals surface area contributed by atoms with Crippen LogP contribution in [0.25, 0.3) is 11.0 Å². The van der Waals surface area contributed by atoms with Gasteiger partial charge < -0.3 is 14.8 Å². The SMILES string of the molecule is O=C(NC(Cc1ccccc1)c1ccccc1)C1CCN(c2nc3ccccc3n2CCc2ccccc2)CC1. The second-order valence-electron chi connectivity index (χ2n) is 10.7. The Bertz CT molecular complexity index is 1520. The van der Waals surface area contributed by atoms with Gasteiger partial charge in [-0.2, -0.15) is 0 Å². The van der Waals surface area contributed by atoms with Crippen LogP contribution in [0.15, 0.2) is 115 Å². The number of fused-ring (bicyclic) bond motifs is 1. The molecule has 2 heterocycles. The minimum Gasteiger partial charge on any atom is -0.349 e. The lowest BCUT2D eigenvalue weighted by molar-refractivity contribution is -0.126. The molecule has 0 radical (unpaired) electrons. The van der Waals surface area contributed by atoms with Crippen LogP contribution >= 0.6 is 0 Å². The van der Waals surface area contributed by atoms with E-state index in [1.54, 1.807) is 0 Å². The first-order valence-electron chi connectivity index (χ1n) is 14.4. The van der Waals surface area contributed by atoms with Crippen LogP contribution < -0.4 is 10.2 Å². The Morgan fingerprint density at radius 1 is 0.775 bits per heavy atom. The minimum atomic E-state index is -0.0451. The highest BCUT2D eigenvalue weighted by Gasteiger charge is 2.29. The second-order valence-corrected chi connectivity index (χ2v) is 10.7. The van der Waals surface area contributed by atoms with Crippen molar-refractivity contribution in [2.45, 2.75) is 38.3 Å². The third kappa shape index (κ3) is 5.94. The monoisotopic (exact) mass is 528 g/mol. The van der Waals surface area contributed by atoms with Crippen molar-refractivity contribution in [2.24, 2.45) is 5.92 Å². The summed E-state index contributed by atoms with van der Waals surface area (Å²) in [6, 6.07) is 39.7. The van der Waals surface area contributed by atoms with Crippen LogP contribution in [0.1, 0.15) is 35.6 Å². The number of rotatable bonds is 9. The number of carbonyl (C=O) groups is 1. The molecular weight excluding hydrogens is 492 g/mol. The summed E-state index contributed by atoms with van der Waals surface area (Å²) < 4.78 is 2.36. The van der Waals surface area contributed by atoms with Crippen molar-refractivity contribution in [2.75, 3.05) is 18.0 Å². The van der Waals surface area contributed by atoms with E-state index in [2.05, 4.69) is 106 Å². The Balaban J connectivity index is 1.14. The Morgan fingerprint density at radius 3 is 2.08 bits per heavy atom. The van der Waals surface area contributed by atoms with Crippen LogP contribution in [-0.2, 0) is 24.2 Å². The van der Waals surface area contributed by atoms with Gasteiger partial charge in [0.25, 0.3) is 0 Å². The molecule has 202 valence electrons. The second kappa shape index (κ2) is 12.2. The minimum absolute atomic E-state index is 0.000354. The molecule has 0 bridgehead atoms. The molecule has 1 aliphatic heterocycles. The lowest BCUT2D eigenvalue weighted by atomic mass is 9.93. The number of aryl methyl sites for hydroxylation is 2. The predicted octanol–water partition coefficient (Wildman–Crippen LogP) is 6.60. The standard InChI is InChI=1S/C35H36N4O/c40-34(36-32(29-16-8-3-9-17-29)26-28-14-6-2-7-15-28)30-21-23-38(24-22-30)35-37-31-18-10-11-19-33(31)39(35)25-20-27-12-4-1-5-13-27/h1-19,30,32H,20-26H2,(H,36,40). The number of para-hydroxylation sites is 2. The maximum atomic E-state index is 13.5. The fourth-order valence-electron chi connectivity index (χ4n) is 5.83. The van der Waals surface area contributed by atoms with Gasteiger partial charge in [-0.3, -0.25) is 4.79 Å². The molecule has 0 saturated carbocycles. The number of piperidine rings is 1. The van der Waals surface area contributed by atoms with Gasteiger partial charge in [0.1, 0.15) is 0 Å². The van der Waals surface area contributed by atoms with E-state index in [0.29, 0.717) is 0 Å². The number of nitrogens with zero attached hydrogens (tertiary/aromatic N) is 3. The number of benzene rings is 4. The van der Waals surface area contributed by atoms with Gasteiger partial charge in [-0.25, -0.2) is 4.98 Å². The number of hydrogen-bond acceptors (Lipinski definition) is 3. The van der Waals surface area contributed by atoms with Gasteiger partial charge in [0.2, 0.25) is 11.9 Å². The van der Waals surface area contributed by atoms with Crippen molar-refractivity contribution in [1.29, 1.82) is 0 Å². The van der Waals surface area contributed by atoms with E-state index in [-0.39, 0.29) is 17.9 Å². The van der Waals surface area contributed by atoms with Crippen molar-refractivity contribution in [3.63, 3.8) is 0 Å². The van der Waals surface area contributed by atoms with Crippen LogP contribution in [0.3, 0.4) is 0 Å². The number of imidazole rings is 1. The van der Waals surface area contributed by atoms with Crippen LogP contribution in [0.4, 0.5) is 5.95 Å². The zero-order chi connectivity index (χ0) is 27.1. The largest absolute Gasteiger partial charge is 0.349 e. The summed E-state index contributed by atoms with van der Waals surface area (Å²) in [5.41, 5.74) is 5.88. The third-order valence-corrected chi connectivity index (χ3v) is 8.05. The van der Waals surface area contributed by atoms with E-state index in [4.69, 9.17) is 4.98 Å². The lowest BCUT2D eigenvalue weighted by Crippen LogP contribution is -2.42. The Kier molecular flexibility index (Phi) is 7.90. The van der Waals surface area contributed by atoms with E-state index in [0.717, 1.165) is 62.3 Å². The average molecular weight is 529 g/mol. The molecule has 1 saturated heterocycles. The highest BCUT2D eigenvalue weighted by molar-refractivity contribution is 5.80. The smallest absolute Gasteiger partial charge is 0.223 e. The molecule has 1 atom stereocenters. The predicted molar refractivity (Wildman–Crippen MR) is 162 cm³/mol. The van der Waals surface area contributed by atoms with Crippen LogP contribution in [-0.4, -0.2) is 28.5 Å². The van der Waals surface area contributed by atoms with Crippen LogP contribution in [0.2, 0.25) is 0 Å². The molecule has 1 aromatic heterocycles. The molecule has 4 aromatic carbocycles. The summed E-state index contributed by atoms with van der Waals surface area (Å²) in [5.74, 6) is 1.17. The Morgan fingerprint density at radius 2 is 1.38 bits per heavy atom. The van der Waals surface area contributed by atoms with Crippen molar-refractivity contribution in [3.05, 3.63) is 132 Å². The molecule has 1 unspecified atom stereocenters. The molecule has 40 heavy (non-hydrogen) atoms. The maximum Gasteiger partial charge on any atom is 0.223 e. The summed E-state index contributed by atoms with van der Waals surface area (Å²) in [6.45, 7) is 2.52. The van der Waals surface area contributed by atoms with Crippen molar-refractivity contribution >= 4 is 22.9 Å². The third-order valence-electron chi connectivity index (χ3n) is 8.05. The van der Waals surface area contributed by atoms with E-state index in [1.807, 2.05) is 24.3 Å². The fourth-order valence-corrected chi connectivity index (χ4v) is 5.83. The van der Waals surface area contributed by atoms with E-state index >= 15 is 0 Å². The van der Waals surface area contributed by atoms with Crippen molar-refractivity contribution in [1.82, 2.24) is 14.9 Å². The molecule has 6 rings (SSSR count). The zero-order valence-electron chi connectivity index (χ0n) is 22.8. The first-order chi connectivity index (χ1) is 19.7. The summed E-state index contributed by atoms with van der Waals surface area (Å²) in [4.78, 5) is 20.9. The van der Waals surface area contributed by atoms with Gasteiger partial charge in [0.05, 0.1) is 17.1 Å². The molecule has 0 spiro atoms. The Hall–Kier alpha value is -4.38. The van der Waals surface area contributed by atoms with Gasteiger partial charge >= 0.3 is 0 Å². The van der Waals surface area contributed by atoms with E-state index < -0.39 is 0 Å². The summed E-state index contributed by atoms with van der Waals surface area (Å²) in [5, 5.41) is 3.40. The number of nitrogens with one attached hydrogen (secondary N) is 1. The van der Waals surface area contributed by atoms with E-state index in [1.165, 1.54) is 16.6 Å². The number of amides is 1. The first-order valence-corrected chi connectivity index (χ1v) is 14.4.